The van der Waals surface area contributed by atoms with Gasteiger partial charge in [-0.15, -0.1) is 0 Å². The first-order chi connectivity index (χ1) is 13.6. The van der Waals surface area contributed by atoms with Crippen LogP contribution in [0.15, 0.2) is 53.4 Å². The first-order valence-corrected chi connectivity index (χ1v) is 10.7. The molecule has 2 unspecified atom stereocenters. The maximum atomic E-state index is 12.6. The molecule has 0 heterocycles. The molecule has 2 aromatic rings. The predicted molar refractivity (Wildman–Crippen MR) is 103 cm³/mol. The smallest absolute Gasteiger partial charge is 0.326 e. The zero-order chi connectivity index (χ0) is 21.2. The fourth-order valence-corrected chi connectivity index (χ4v) is 4.18. The summed E-state index contributed by atoms with van der Waals surface area (Å²) in [5.74, 6) is -0.675. The molecule has 0 spiro atoms. The lowest BCUT2D eigenvalue weighted by Crippen LogP contribution is -2.24. The summed E-state index contributed by atoms with van der Waals surface area (Å²) in [6.07, 6.45) is -3.15. The minimum Gasteiger partial charge on any atom is -0.326 e. The summed E-state index contributed by atoms with van der Waals surface area (Å²) in [7, 11) is -3.57. The van der Waals surface area contributed by atoms with E-state index in [0.717, 1.165) is 12.1 Å². The Bertz CT molecular complexity index is 972. The van der Waals surface area contributed by atoms with E-state index in [1.807, 2.05) is 6.92 Å². The summed E-state index contributed by atoms with van der Waals surface area (Å²) in [6, 6.07) is 10.7. The van der Waals surface area contributed by atoms with Crippen LogP contribution in [0.1, 0.15) is 36.8 Å². The standard InChI is InChI=1S/C20H21F3N2O3S/c1-2-11-24-29(27,28)16-9-7-15(8-10-16)25-19(26)18-12-17(18)13-3-5-14(6-4-13)20(21,22)23/h3-10,17-18,24H,2,11-12H2,1H3,(H,25,26). The third-order valence-electron chi connectivity index (χ3n) is 4.77. The molecule has 2 N–H and O–H groups in total. The van der Waals surface area contributed by atoms with Gasteiger partial charge < -0.3 is 5.32 Å². The molecule has 1 fully saturated rings. The van der Waals surface area contributed by atoms with Crippen LogP contribution in [-0.2, 0) is 21.0 Å². The number of hydrogen-bond donors (Lipinski definition) is 2. The van der Waals surface area contributed by atoms with Crippen molar-refractivity contribution in [2.24, 2.45) is 5.92 Å². The monoisotopic (exact) mass is 426 g/mol. The van der Waals surface area contributed by atoms with E-state index in [1.54, 1.807) is 0 Å². The number of carbonyl (C=O) groups is 1. The van der Waals surface area contributed by atoms with Crippen molar-refractivity contribution in [2.75, 3.05) is 11.9 Å². The Labute approximate surface area is 167 Å². The maximum Gasteiger partial charge on any atom is 0.416 e. The number of anilines is 1. The predicted octanol–water partition coefficient (Wildman–Crippen LogP) is 4.14. The molecule has 0 aliphatic heterocycles. The zero-order valence-electron chi connectivity index (χ0n) is 15.7. The number of halogens is 3. The van der Waals surface area contributed by atoms with Crippen LogP contribution < -0.4 is 10.0 Å². The number of hydrogen-bond acceptors (Lipinski definition) is 3. The second-order valence-corrected chi connectivity index (χ2v) is 8.75. The van der Waals surface area contributed by atoms with Crippen molar-refractivity contribution in [3.63, 3.8) is 0 Å². The van der Waals surface area contributed by atoms with Crippen LogP contribution in [0.3, 0.4) is 0 Å². The van der Waals surface area contributed by atoms with E-state index in [2.05, 4.69) is 10.0 Å². The summed E-state index contributed by atoms with van der Waals surface area (Å²) in [6.45, 7) is 2.20. The van der Waals surface area contributed by atoms with Gasteiger partial charge in [0.15, 0.2) is 0 Å². The van der Waals surface area contributed by atoms with E-state index in [0.29, 0.717) is 30.6 Å². The Morgan fingerprint density at radius 3 is 2.24 bits per heavy atom. The molecule has 3 rings (SSSR count). The highest BCUT2D eigenvalue weighted by atomic mass is 32.2. The highest BCUT2D eigenvalue weighted by molar-refractivity contribution is 7.89. The van der Waals surface area contributed by atoms with Crippen LogP contribution in [0.5, 0.6) is 0 Å². The van der Waals surface area contributed by atoms with Gasteiger partial charge in [0.1, 0.15) is 0 Å². The lowest BCUT2D eigenvalue weighted by Gasteiger charge is -2.09. The van der Waals surface area contributed by atoms with Crippen LogP contribution in [0, 0.1) is 5.92 Å². The zero-order valence-corrected chi connectivity index (χ0v) is 16.5. The van der Waals surface area contributed by atoms with E-state index in [-0.39, 0.29) is 22.6 Å². The lowest BCUT2D eigenvalue weighted by molar-refractivity contribution is -0.137. The fourth-order valence-electron chi connectivity index (χ4n) is 3.04. The molecule has 1 aliphatic rings. The Balaban J connectivity index is 1.59. The number of benzene rings is 2. The number of rotatable bonds is 7. The molecular formula is C20H21F3N2O3S. The summed E-state index contributed by atoms with van der Waals surface area (Å²) in [4.78, 5) is 12.5. The molecule has 1 saturated carbocycles. The number of alkyl halides is 3. The molecule has 0 radical (unpaired) electrons. The van der Waals surface area contributed by atoms with Gasteiger partial charge in [0.25, 0.3) is 0 Å². The maximum absolute atomic E-state index is 12.6. The van der Waals surface area contributed by atoms with Gasteiger partial charge in [-0.1, -0.05) is 19.1 Å². The van der Waals surface area contributed by atoms with Gasteiger partial charge in [0.2, 0.25) is 15.9 Å². The quantitative estimate of drug-likeness (QED) is 0.699. The summed E-state index contributed by atoms with van der Waals surface area (Å²) >= 11 is 0. The van der Waals surface area contributed by atoms with Crippen molar-refractivity contribution in [1.29, 1.82) is 0 Å². The molecule has 9 heteroatoms. The van der Waals surface area contributed by atoms with Crippen molar-refractivity contribution in [2.45, 2.75) is 36.8 Å². The molecule has 0 saturated heterocycles. The molecule has 0 aromatic heterocycles. The van der Waals surface area contributed by atoms with E-state index in [1.165, 1.54) is 36.4 Å². The Morgan fingerprint density at radius 2 is 1.69 bits per heavy atom. The van der Waals surface area contributed by atoms with Crippen molar-refractivity contribution in [3.05, 3.63) is 59.7 Å². The minimum absolute atomic E-state index is 0.109. The van der Waals surface area contributed by atoms with Gasteiger partial charge in [-0.25, -0.2) is 13.1 Å². The number of amides is 1. The second kappa shape index (κ2) is 8.16. The first kappa shape index (κ1) is 21.3. The van der Waals surface area contributed by atoms with Gasteiger partial charge in [0.05, 0.1) is 10.5 Å². The average Bonchev–Trinajstić information content (AvgIpc) is 3.47. The van der Waals surface area contributed by atoms with E-state index in [9.17, 15) is 26.4 Å². The Morgan fingerprint density at radius 1 is 1.07 bits per heavy atom. The molecule has 29 heavy (non-hydrogen) atoms. The van der Waals surface area contributed by atoms with Gasteiger partial charge >= 0.3 is 6.18 Å². The molecule has 1 aliphatic carbocycles. The van der Waals surface area contributed by atoms with E-state index >= 15 is 0 Å². The Hall–Kier alpha value is -2.39. The van der Waals surface area contributed by atoms with E-state index < -0.39 is 21.8 Å². The van der Waals surface area contributed by atoms with Crippen LogP contribution in [-0.4, -0.2) is 20.9 Å². The summed E-state index contributed by atoms with van der Waals surface area (Å²) in [5.41, 5.74) is 0.440. The van der Waals surface area contributed by atoms with Gasteiger partial charge in [-0.2, -0.15) is 13.2 Å². The van der Waals surface area contributed by atoms with Crippen LogP contribution in [0.4, 0.5) is 18.9 Å². The van der Waals surface area contributed by atoms with Crippen LogP contribution in [0.2, 0.25) is 0 Å². The second-order valence-electron chi connectivity index (χ2n) is 6.98. The molecule has 0 bridgehead atoms. The molecular weight excluding hydrogens is 405 g/mol. The lowest BCUT2D eigenvalue weighted by atomic mass is 10.1. The van der Waals surface area contributed by atoms with Crippen molar-refractivity contribution >= 4 is 21.6 Å². The molecule has 5 nitrogen and oxygen atoms in total. The van der Waals surface area contributed by atoms with Gasteiger partial charge in [0, 0.05) is 18.2 Å². The third-order valence-corrected chi connectivity index (χ3v) is 6.24. The molecule has 156 valence electrons. The minimum atomic E-state index is -4.38. The highest BCUT2D eigenvalue weighted by Crippen LogP contribution is 2.48. The fraction of sp³-hybridized carbons (Fsp3) is 0.350. The molecule has 2 atom stereocenters. The first-order valence-electron chi connectivity index (χ1n) is 9.19. The SMILES string of the molecule is CCCNS(=O)(=O)c1ccc(NC(=O)C2CC2c2ccc(C(F)(F)F)cc2)cc1. The van der Waals surface area contributed by atoms with Crippen molar-refractivity contribution < 1.29 is 26.4 Å². The largest absolute Gasteiger partial charge is 0.416 e. The highest BCUT2D eigenvalue weighted by Gasteiger charge is 2.44. The number of nitrogens with one attached hydrogen (secondary N) is 2. The summed E-state index contributed by atoms with van der Waals surface area (Å²) in [5, 5.41) is 2.73. The number of sulfonamides is 1. The van der Waals surface area contributed by atoms with Gasteiger partial charge in [-0.3, -0.25) is 4.79 Å². The third kappa shape index (κ3) is 5.16. The molecule has 1 amide bonds. The topological polar surface area (TPSA) is 75.3 Å². The summed E-state index contributed by atoms with van der Waals surface area (Å²) < 4.78 is 64.5. The van der Waals surface area contributed by atoms with E-state index in [4.69, 9.17) is 0 Å². The van der Waals surface area contributed by atoms with Gasteiger partial charge in [-0.05, 0) is 60.7 Å². The molecule has 2 aromatic carbocycles. The van der Waals surface area contributed by atoms with Crippen molar-refractivity contribution in [1.82, 2.24) is 4.72 Å². The van der Waals surface area contributed by atoms with Crippen LogP contribution >= 0.6 is 0 Å². The van der Waals surface area contributed by atoms with Crippen LogP contribution in [0.25, 0.3) is 0 Å². The average molecular weight is 426 g/mol. The normalized spacial score (nSPS) is 19.0. The van der Waals surface area contributed by atoms with Crippen molar-refractivity contribution in [3.8, 4) is 0 Å². The number of carbonyl (C=O) groups excluding carboxylic acids is 1. The Kier molecular flexibility index (Phi) is 6.00.